The Morgan fingerprint density at radius 3 is 2.59 bits per heavy atom. The fourth-order valence-corrected chi connectivity index (χ4v) is 3.67. The predicted molar refractivity (Wildman–Crippen MR) is 92.9 cm³/mol. The van der Waals surface area contributed by atoms with Crippen molar-refractivity contribution >= 4 is 28.4 Å². The molecule has 0 bridgehead atoms. The number of thioether (sulfide) groups is 1. The number of allylic oxidation sites excluding steroid dienone is 1. The Kier molecular flexibility index (Phi) is 4.64. The number of nitrogens with zero attached hydrogens (tertiary/aromatic N) is 2. The van der Waals surface area contributed by atoms with Gasteiger partial charge >= 0.3 is 0 Å². The Bertz CT molecular complexity index is 628. The van der Waals surface area contributed by atoms with E-state index in [9.17, 15) is 4.79 Å². The maximum Gasteiger partial charge on any atom is 0.286 e. The molecule has 22 heavy (non-hydrogen) atoms. The molecule has 4 nitrogen and oxygen atoms in total. The highest BCUT2D eigenvalue weighted by Gasteiger charge is 2.28. The minimum absolute atomic E-state index is 0.101. The summed E-state index contributed by atoms with van der Waals surface area (Å²) in [5.74, 6) is -0.101. The number of rotatable bonds is 2. The summed E-state index contributed by atoms with van der Waals surface area (Å²) in [7, 11) is 0. The van der Waals surface area contributed by atoms with Gasteiger partial charge in [-0.3, -0.25) is 4.79 Å². The van der Waals surface area contributed by atoms with Gasteiger partial charge in [0.2, 0.25) is 0 Å². The highest BCUT2D eigenvalue weighted by molar-refractivity contribution is 8.18. The SMILES string of the molecule is CCc1ccc(/C(C)=C2/SC(N3CCNCC3)=NC2=O)cc1. The Morgan fingerprint density at radius 1 is 1.27 bits per heavy atom. The van der Waals surface area contributed by atoms with Gasteiger partial charge in [-0.1, -0.05) is 31.2 Å². The lowest BCUT2D eigenvalue weighted by Gasteiger charge is -2.28. The molecule has 0 aliphatic carbocycles. The fraction of sp³-hybridized carbons (Fsp3) is 0.412. The summed E-state index contributed by atoms with van der Waals surface area (Å²) >= 11 is 1.52. The summed E-state index contributed by atoms with van der Waals surface area (Å²) in [6.45, 7) is 7.88. The minimum Gasteiger partial charge on any atom is -0.348 e. The molecule has 2 aliphatic rings. The van der Waals surface area contributed by atoms with Gasteiger partial charge in [0.15, 0.2) is 5.17 Å². The summed E-state index contributed by atoms with van der Waals surface area (Å²) in [4.78, 5) is 19.5. The van der Waals surface area contributed by atoms with E-state index in [1.165, 1.54) is 17.3 Å². The number of amides is 1. The van der Waals surface area contributed by atoms with Crippen LogP contribution in [-0.2, 0) is 11.2 Å². The third kappa shape index (κ3) is 3.10. The molecule has 1 N–H and O–H groups in total. The van der Waals surface area contributed by atoms with E-state index in [1.807, 2.05) is 6.92 Å². The first kappa shape index (κ1) is 15.3. The molecule has 116 valence electrons. The zero-order valence-electron chi connectivity index (χ0n) is 13.1. The number of benzene rings is 1. The molecule has 1 fully saturated rings. The Labute approximate surface area is 135 Å². The molecule has 3 rings (SSSR count). The lowest BCUT2D eigenvalue weighted by Crippen LogP contribution is -2.45. The van der Waals surface area contributed by atoms with Crippen LogP contribution in [0.1, 0.15) is 25.0 Å². The summed E-state index contributed by atoms with van der Waals surface area (Å²) < 4.78 is 0. The maximum atomic E-state index is 12.3. The van der Waals surface area contributed by atoms with Gasteiger partial charge in [-0.15, -0.1) is 0 Å². The fourth-order valence-electron chi connectivity index (χ4n) is 2.65. The summed E-state index contributed by atoms with van der Waals surface area (Å²) in [6, 6.07) is 8.44. The minimum atomic E-state index is -0.101. The third-order valence-corrected chi connectivity index (χ3v) is 5.33. The van der Waals surface area contributed by atoms with E-state index in [0.717, 1.165) is 53.8 Å². The Balaban J connectivity index is 1.80. The number of aliphatic imine (C=N–C) groups is 1. The average Bonchev–Trinajstić information content (AvgIpc) is 2.97. The smallest absolute Gasteiger partial charge is 0.286 e. The zero-order valence-corrected chi connectivity index (χ0v) is 13.9. The van der Waals surface area contributed by atoms with E-state index in [2.05, 4.69) is 46.4 Å². The van der Waals surface area contributed by atoms with Crippen LogP contribution in [0.4, 0.5) is 0 Å². The van der Waals surface area contributed by atoms with Crippen molar-refractivity contribution in [2.75, 3.05) is 26.2 Å². The lowest BCUT2D eigenvalue weighted by molar-refractivity contribution is -0.113. The second kappa shape index (κ2) is 6.67. The van der Waals surface area contributed by atoms with Gasteiger partial charge in [0.25, 0.3) is 5.91 Å². The summed E-state index contributed by atoms with van der Waals surface area (Å²) in [5.41, 5.74) is 3.43. The van der Waals surface area contributed by atoms with Gasteiger partial charge in [0, 0.05) is 26.2 Å². The van der Waals surface area contributed by atoms with Crippen molar-refractivity contribution in [3.8, 4) is 0 Å². The number of hydrogen-bond acceptors (Lipinski definition) is 4. The number of hydrogen-bond donors (Lipinski definition) is 1. The predicted octanol–water partition coefficient (Wildman–Crippen LogP) is 2.51. The largest absolute Gasteiger partial charge is 0.348 e. The van der Waals surface area contributed by atoms with Crippen LogP contribution in [0.15, 0.2) is 34.2 Å². The molecule has 0 radical (unpaired) electrons. The second-order valence-electron chi connectivity index (χ2n) is 5.54. The van der Waals surface area contributed by atoms with Gasteiger partial charge < -0.3 is 10.2 Å². The van der Waals surface area contributed by atoms with Crippen molar-refractivity contribution in [3.05, 3.63) is 40.3 Å². The van der Waals surface area contributed by atoms with E-state index in [0.29, 0.717) is 0 Å². The number of piperazine rings is 1. The van der Waals surface area contributed by atoms with E-state index < -0.39 is 0 Å². The van der Waals surface area contributed by atoms with Gasteiger partial charge in [-0.2, -0.15) is 4.99 Å². The summed E-state index contributed by atoms with van der Waals surface area (Å²) in [6.07, 6.45) is 1.03. The molecule has 2 aliphatic heterocycles. The van der Waals surface area contributed by atoms with Gasteiger partial charge in [0.1, 0.15) is 0 Å². The molecule has 1 saturated heterocycles. The Morgan fingerprint density at radius 2 is 1.95 bits per heavy atom. The molecule has 2 heterocycles. The number of carbonyl (C=O) groups excluding carboxylic acids is 1. The number of amidine groups is 1. The van der Waals surface area contributed by atoms with Crippen LogP contribution in [-0.4, -0.2) is 42.2 Å². The van der Waals surface area contributed by atoms with Crippen molar-refractivity contribution in [1.82, 2.24) is 10.2 Å². The highest BCUT2D eigenvalue weighted by Crippen LogP contribution is 2.34. The molecule has 0 saturated carbocycles. The first-order valence-electron chi connectivity index (χ1n) is 7.75. The molecule has 0 unspecified atom stereocenters. The monoisotopic (exact) mass is 315 g/mol. The molecule has 0 spiro atoms. The van der Waals surface area contributed by atoms with Crippen LogP contribution in [0.25, 0.3) is 5.57 Å². The number of aryl methyl sites for hydroxylation is 1. The van der Waals surface area contributed by atoms with Crippen molar-refractivity contribution < 1.29 is 4.79 Å². The molecule has 1 aromatic carbocycles. The van der Waals surface area contributed by atoms with Crippen LogP contribution in [0.3, 0.4) is 0 Å². The molecule has 1 amide bonds. The van der Waals surface area contributed by atoms with Crippen LogP contribution in [0.5, 0.6) is 0 Å². The maximum absolute atomic E-state index is 12.3. The topological polar surface area (TPSA) is 44.7 Å². The third-order valence-electron chi connectivity index (χ3n) is 4.11. The quantitative estimate of drug-likeness (QED) is 0.852. The normalized spacial score (nSPS) is 21.1. The van der Waals surface area contributed by atoms with Crippen molar-refractivity contribution in [2.45, 2.75) is 20.3 Å². The van der Waals surface area contributed by atoms with Crippen molar-refractivity contribution in [2.24, 2.45) is 4.99 Å². The lowest BCUT2D eigenvalue weighted by atomic mass is 10.0. The van der Waals surface area contributed by atoms with Gasteiger partial charge in [-0.25, -0.2) is 0 Å². The Hall–Kier alpha value is -1.59. The van der Waals surface area contributed by atoms with Crippen molar-refractivity contribution in [3.63, 3.8) is 0 Å². The highest BCUT2D eigenvalue weighted by atomic mass is 32.2. The van der Waals surface area contributed by atoms with Crippen molar-refractivity contribution in [1.29, 1.82) is 0 Å². The molecular weight excluding hydrogens is 294 g/mol. The van der Waals surface area contributed by atoms with E-state index in [4.69, 9.17) is 0 Å². The second-order valence-corrected chi connectivity index (χ2v) is 6.52. The van der Waals surface area contributed by atoms with Crippen LogP contribution >= 0.6 is 11.8 Å². The van der Waals surface area contributed by atoms with Crippen LogP contribution < -0.4 is 5.32 Å². The van der Waals surface area contributed by atoms with Gasteiger partial charge in [-0.05, 0) is 41.8 Å². The van der Waals surface area contributed by atoms with E-state index >= 15 is 0 Å². The standard InChI is InChI=1S/C17H21N3OS/c1-3-13-4-6-14(7-5-13)12(2)15-16(21)19-17(22-15)20-10-8-18-9-11-20/h4-7,18H,3,8-11H2,1-2H3/b15-12+. The molecule has 1 aromatic rings. The van der Waals surface area contributed by atoms with Crippen LogP contribution in [0.2, 0.25) is 0 Å². The van der Waals surface area contributed by atoms with E-state index in [-0.39, 0.29) is 5.91 Å². The first-order chi connectivity index (χ1) is 10.7. The molecule has 5 heteroatoms. The van der Waals surface area contributed by atoms with E-state index in [1.54, 1.807) is 0 Å². The van der Waals surface area contributed by atoms with Crippen LogP contribution in [0, 0.1) is 0 Å². The first-order valence-corrected chi connectivity index (χ1v) is 8.57. The molecule has 0 atom stereocenters. The number of carbonyl (C=O) groups is 1. The van der Waals surface area contributed by atoms with Gasteiger partial charge in [0.05, 0.1) is 4.91 Å². The molecule has 0 aromatic heterocycles. The average molecular weight is 315 g/mol. The number of nitrogens with one attached hydrogen (secondary N) is 1. The summed E-state index contributed by atoms with van der Waals surface area (Å²) in [5, 5.41) is 4.17. The zero-order chi connectivity index (χ0) is 15.5. The molecular formula is C17H21N3OS.